The van der Waals surface area contributed by atoms with Crippen LogP contribution in [0.1, 0.15) is 13.8 Å². The Morgan fingerprint density at radius 1 is 0.778 bits per heavy atom. The van der Waals surface area contributed by atoms with Crippen molar-refractivity contribution in [3.8, 4) is 0 Å². The largest absolute Gasteiger partial charge is 0.331 e. The molecule has 2 heterocycles. The third-order valence-corrected chi connectivity index (χ3v) is 5.75. The highest BCUT2D eigenvalue weighted by atomic mass is 33.1. The second-order valence-corrected chi connectivity index (χ2v) is 6.63. The number of hydrogen-bond donors (Lipinski definition) is 0. The molecule has 0 N–H and O–H groups in total. The minimum Gasteiger partial charge on any atom is -0.331 e. The lowest BCUT2D eigenvalue weighted by Crippen LogP contribution is -2.35. The summed E-state index contributed by atoms with van der Waals surface area (Å²) in [4.78, 5) is 4.33. The topological polar surface area (TPSA) is 37.7 Å². The molecule has 18 heavy (non-hydrogen) atoms. The van der Waals surface area contributed by atoms with E-state index >= 15 is 0 Å². The van der Waals surface area contributed by atoms with E-state index in [1.165, 1.54) is 0 Å². The quantitative estimate of drug-likeness (QED) is 0.627. The van der Waals surface area contributed by atoms with Gasteiger partial charge in [-0.05, 0) is 35.4 Å². The van der Waals surface area contributed by atoms with Crippen molar-refractivity contribution in [1.82, 2.24) is 19.8 Å². The summed E-state index contributed by atoms with van der Waals surface area (Å²) in [5, 5.41) is 15.0. The standard InChI is InChI=1S/C10H20N6S2/c1-7-13(3)9(11-15(7)5)17-18-10-12-16(6)8(2)14(10)4/h7-8H,1-6H3. The molecule has 2 unspecified atom stereocenters. The van der Waals surface area contributed by atoms with Crippen molar-refractivity contribution in [3.63, 3.8) is 0 Å². The average Bonchev–Trinajstić information content (AvgIpc) is 2.72. The van der Waals surface area contributed by atoms with Crippen LogP contribution in [0, 0.1) is 0 Å². The Balaban J connectivity index is 1.94. The molecule has 0 aliphatic carbocycles. The summed E-state index contributed by atoms with van der Waals surface area (Å²) in [5.74, 6) is 0. The summed E-state index contributed by atoms with van der Waals surface area (Å²) in [5.41, 5.74) is 0. The minimum absolute atomic E-state index is 0.318. The molecular formula is C10H20N6S2. The van der Waals surface area contributed by atoms with Crippen molar-refractivity contribution in [2.24, 2.45) is 10.2 Å². The summed E-state index contributed by atoms with van der Waals surface area (Å²) < 4.78 is 0. The number of rotatable bonds is 0. The van der Waals surface area contributed by atoms with E-state index in [-0.39, 0.29) is 0 Å². The minimum atomic E-state index is 0.318. The third-order valence-electron chi connectivity index (χ3n) is 3.48. The van der Waals surface area contributed by atoms with Gasteiger partial charge in [-0.15, -0.1) is 10.2 Å². The third kappa shape index (κ3) is 2.35. The second-order valence-electron chi connectivity index (χ2n) is 4.56. The summed E-state index contributed by atoms with van der Waals surface area (Å²) >= 11 is 0. The summed E-state index contributed by atoms with van der Waals surface area (Å²) in [6.45, 7) is 4.27. The Morgan fingerprint density at radius 3 is 1.33 bits per heavy atom. The van der Waals surface area contributed by atoms with Crippen LogP contribution in [0.4, 0.5) is 0 Å². The van der Waals surface area contributed by atoms with Crippen molar-refractivity contribution in [2.75, 3.05) is 28.2 Å². The van der Waals surface area contributed by atoms with Crippen LogP contribution in [0.2, 0.25) is 0 Å². The van der Waals surface area contributed by atoms with Crippen molar-refractivity contribution < 1.29 is 0 Å². The van der Waals surface area contributed by atoms with E-state index in [1.54, 1.807) is 21.6 Å². The van der Waals surface area contributed by atoms with E-state index in [4.69, 9.17) is 0 Å². The lowest BCUT2D eigenvalue weighted by atomic mass is 10.5. The van der Waals surface area contributed by atoms with Crippen LogP contribution in [0.3, 0.4) is 0 Å². The fraction of sp³-hybridized carbons (Fsp3) is 0.800. The summed E-state index contributed by atoms with van der Waals surface area (Å²) in [7, 11) is 11.4. The summed E-state index contributed by atoms with van der Waals surface area (Å²) in [6, 6.07) is 0. The molecule has 0 saturated heterocycles. The molecule has 0 saturated carbocycles. The normalized spacial score (nSPS) is 28.1. The first-order valence-electron chi connectivity index (χ1n) is 5.85. The van der Waals surface area contributed by atoms with Gasteiger partial charge < -0.3 is 9.80 Å². The maximum atomic E-state index is 4.51. The maximum absolute atomic E-state index is 4.51. The van der Waals surface area contributed by atoms with E-state index < -0.39 is 0 Å². The van der Waals surface area contributed by atoms with Crippen molar-refractivity contribution in [1.29, 1.82) is 0 Å². The Hall–Kier alpha value is -0.760. The molecule has 2 aliphatic rings. The van der Waals surface area contributed by atoms with E-state index in [2.05, 4.69) is 47.9 Å². The molecule has 102 valence electrons. The first-order chi connectivity index (χ1) is 8.41. The van der Waals surface area contributed by atoms with Gasteiger partial charge in [0.1, 0.15) is 12.3 Å². The predicted octanol–water partition coefficient (Wildman–Crippen LogP) is 1.36. The molecular weight excluding hydrogens is 268 g/mol. The zero-order chi connectivity index (χ0) is 13.4. The highest BCUT2D eigenvalue weighted by Gasteiger charge is 2.29. The molecule has 0 aromatic rings. The van der Waals surface area contributed by atoms with Gasteiger partial charge in [0.05, 0.1) is 0 Å². The smallest absolute Gasteiger partial charge is 0.195 e. The van der Waals surface area contributed by atoms with E-state index in [9.17, 15) is 0 Å². The summed E-state index contributed by atoms with van der Waals surface area (Å²) in [6.07, 6.45) is 0.635. The molecule has 0 aromatic carbocycles. The number of nitrogens with zero attached hydrogens (tertiary/aromatic N) is 6. The van der Waals surface area contributed by atoms with Crippen LogP contribution in [0.25, 0.3) is 0 Å². The van der Waals surface area contributed by atoms with Crippen LogP contribution in [0.5, 0.6) is 0 Å². The zero-order valence-corrected chi connectivity index (χ0v) is 13.3. The van der Waals surface area contributed by atoms with Gasteiger partial charge in [-0.3, -0.25) is 10.0 Å². The molecule has 2 atom stereocenters. The zero-order valence-electron chi connectivity index (χ0n) is 11.7. The van der Waals surface area contributed by atoms with Crippen LogP contribution in [0.15, 0.2) is 10.2 Å². The Bertz CT molecular complexity index is 349. The number of hydrogen-bond acceptors (Lipinski definition) is 8. The van der Waals surface area contributed by atoms with Gasteiger partial charge in [-0.25, -0.2) is 0 Å². The van der Waals surface area contributed by atoms with Crippen molar-refractivity contribution in [2.45, 2.75) is 26.2 Å². The maximum Gasteiger partial charge on any atom is 0.195 e. The average molecular weight is 288 g/mol. The van der Waals surface area contributed by atoms with Crippen LogP contribution >= 0.6 is 21.6 Å². The number of hydrazone groups is 2. The lowest BCUT2D eigenvalue weighted by molar-refractivity contribution is 0.200. The molecule has 2 aliphatic heterocycles. The first-order valence-corrected chi connectivity index (χ1v) is 8.00. The monoisotopic (exact) mass is 288 g/mol. The predicted molar refractivity (Wildman–Crippen MR) is 80.0 cm³/mol. The van der Waals surface area contributed by atoms with Gasteiger partial charge in [0, 0.05) is 28.2 Å². The van der Waals surface area contributed by atoms with Crippen LogP contribution in [-0.4, -0.2) is 70.7 Å². The van der Waals surface area contributed by atoms with Gasteiger partial charge in [-0.1, -0.05) is 0 Å². The Morgan fingerprint density at radius 2 is 1.11 bits per heavy atom. The van der Waals surface area contributed by atoms with Gasteiger partial charge in [0.25, 0.3) is 0 Å². The van der Waals surface area contributed by atoms with E-state index in [1.807, 2.05) is 24.1 Å². The lowest BCUT2D eigenvalue weighted by Gasteiger charge is -2.23. The molecule has 0 aromatic heterocycles. The SMILES string of the molecule is CC1N(C)N=C(SSC2=NN(C)C(C)N2C)N1C. The first kappa shape index (κ1) is 13.7. The van der Waals surface area contributed by atoms with Gasteiger partial charge >= 0.3 is 0 Å². The Kier molecular flexibility index (Phi) is 3.86. The molecule has 2 rings (SSSR count). The molecule has 0 spiro atoms. The highest BCUT2D eigenvalue weighted by molar-refractivity contribution is 8.87. The molecule has 0 amide bonds. The van der Waals surface area contributed by atoms with Crippen molar-refractivity contribution >= 4 is 31.9 Å². The van der Waals surface area contributed by atoms with Gasteiger partial charge in [-0.2, -0.15) is 0 Å². The Labute approximate surface area is 116 Å². The van der Waals surface area contributed by atoms with E-state index in [0.717, 1.165) is 10.3 Å². The molecule has 0 bridgehead atoms. The van der Waals surface area contributed by atoms with Crippen molar-refractivity contribution in [3.05, 3.63) is 0 Å². The van der Waals surface area contributed by atoms with E-state index in [0.29, 0.717) is 12.3 Å². The second kappa shape index (κ2) is 5.08. The fourth-order valence-corrected chi connectivity index (χ4v) is 3.99. The molecule has 8 heteroatoms. The van der Waals surface area contributed by atoms with Crippen LogP contribution < -0.4 is 0 Å². The molecule has 0 fully saturated rings. The highest BCUT2D eigenvalue weighted by Crippen LogP contribution is 2.33. The molecule has 0 radical (unpaired) electrons. The van der Waals surface area contributed by atoms with Crippen LogP contribution in [-0.2, 0) is 0 Å². The fourth-order valence-electron chi connectivity index (χ4n) is 1.62. The van der Waals surface area contributed by atoms with Gasteiger partial charge in [0.15, 0.2) is 10.3 Å². The number of amidine groups is 2. The van der Waals surface area contributed by atoms with Gasteiger partial charge in [0.2, 0.25) is 0 Å². The molecule has 6 nitrogen and oxygen atoms in total.